The Bertz CT molecular complexity index is 4460. The lowest BCUT2D eigenvalue weighted by Gasteiger charge is -2.20. The van der Waals surface area contributed by atoms with Crippen molar-refractivity contribution in [3.05, 3.63) is 216 Å². The first-order valence-electron chi connectivity index (χ1n) is 23.2. The quantitative estimate of drug-likeness (QED) is 0.166. The van der Waals surface area contributed by atoms with Gasteiger partial charge in [0.15, 0.2) is 0 Å². The Balaban J connectivity index is 0.967. The highest BCUT2D eigenvalue weighted by molar-refractivity contribution is 6.27. The fraction of sp³-hybridized carbons (Fsp3) is 0.0312. The van der Waals surface area contributed by atoms with Gasteiger partial charge in [0, 0.05) is 43.3 Å². The maximum Gasteiger partial charge on any atom is 0.143 e. The summed E-state index contributed by atoms with van der Waals surface area (Å²) in [6, 6.07) is 72.4. The van der Waals surface area contributed by atoms with Crippen molar-refractivity contribution in [2.45, 2.75) is 12.8 Å². The molecule has 3 heteroatoms. The van der Waals surface area contributed by atoms with E-state index in [1.165, 1.54) is 87.1 Å². The van der Waals surface area contributed by atoms with Gasteiger partial charge in [-0.1, -0.05) is 170 Å². The van der Waals surface area contributed by atoms with Gasteiger partial charge in [0.1, 0.15) is 33.3 Å². The summed E-state index contributed by atoms with van der Waals surface area (Å²) in [4.78, 5) is 0. The van der Waals surface area contributed by atoms with Gasteiger partial charge >= 0.3 is 0 Å². The predicted molar refractivity (Wildman–Crippen MR) is 279 cm³/mol. The molecule has 1 aliphatic carbocycles. The molecule has 11 aromatic carbocycles. The zero-order chi connectivity index (χ0) is 43.7. The molecule has 0 atom stereocenters. The Morgan fingerprint density at radius 3 is 1.45 bits per heavy atom. The van der Waals surface area contributed by atoms with E-state index in [0.29, 0.717) is 0 Å². The minimum absolute atomic E-state index is 0.869. The van der Waals surface area contributed by atoms with Crippen LogP contribution >= 0.6 is 0 Å². The summed E-state index contributed by atoms with van der Waals surface area (Å²) in [7, 11) is 0. The molecule has 0 amide bonds. The van der Waals surface area contributed by atoms with Gasteiger partial charge in [0.2, 0.25) is 0 Å². The van der Waals surface area contributed by atoms with Crippen LogP contribution in [0.5, 0.6) is 0 Å². The highest BCUT2D eigenvalue weighted by atomic mass is 16.3. The molecule has 3 aromatic heterocycles. The molecule has 0 N–H and O–H groups in total. The van der Waals surface area contributed by atoms with Crippen molar-refractivity contribution in [3.63, 3.8) is 0 Å². The van der Waals surface area contributed by atoms with Gasteiger partial charge in [-0.2, -0.15) is 0 Å². The van der Waals surface area contributed by atoms with E-state index in [2.05, 4.69) is 200 Å². The number of fused-ring (bicyclic) bond motifs is 13. The summed E-state index contributed by atoms with van der Waals surface area (Å²) in [6.45, 7) is 0. The number of hydrogen-bond donors (Lipinski definition) is 0. The minimum atomic E-state index is 0.869. The first-order valence-corrected chi connectivity index (χ1v) is 23.2. The van der Waals surface area contributed by atoms with Crippen molar-refractivity contribution >= 4 is 110 Å². The van der Waals surface area contributed by atoms with E-state index in [1.807, 2.05) is 6.07 Å². The second kappa shape index (κ2) is 13.9. The van der Waals surface area contributed by atoms with Gasteiger partial charge in [0.05, 0.1) is 0 Å². The summed E-state index contributed by atoms with van der Waals surface area (Å²) < 4.78 is 19.9. The molecule has 0 fully saturated rings. The van der Waals surface area contributed by atoms with E-state index < -0.39 is 0 Å². The van der Waals surface area contributed by atoms with Crippen LogP contribution in [-0.4, -0.2) is 0 Å². The summed E-state index contributed by atoms with van der Waals surface area (Å²) in [5, 5.41) is 16.6. The van der Waals surface area contributed by atoms with Crippen molar-refractivity contribution in [2.24, 2.45) is 0 Å². The Hall–Kier alpha value is -8.66. The minimum Gasteiger partial charge on any atom is -0.456 e. The topological polar surface area (TPSA) is 39.4 Å². The molecule has 0 saturated heterocycles. The largest absolute Gasteiger partial charge is 0.456 e. The number of hydrogen-bond acceptors (Lipinski definition) is 3. The first-order chi connectivity index (χ1) is 33.3. The van der Waals surface area contributed by atoms with Crippen molar-refractivity contribution < 1.29 is 13.3 Å². The van der Waals surface area contributed by atoms with E-state index in [1.54, 1.807) is 0 Å². The molecule has 1 aliphatic rings. The molecule has 14 aromatic rings. The zero-order valence-electron chi connectivity index (χ0n) is 36.3. The van der Waals surface area contributed by atoms with Crippen LogP contribution in [-0.2, 0) is 0 Å². The van der Waals surface area contributed by atoms with Crippen LogP contribution in [0.2, 0.25) is 0 Å². The fourth-order valence-corrected chi connectivity index (χ4v) is 11.8. The van der Waals surface area contributed by atoms with Crippen molar-refractivity contribution in [3.8, 4) is 33.4 Å². The Morgan fingerprint density at radius 2 is 0.791 bits per heavy atom. The maximum absolute atomic E-state index is 7.05. The highest BCUT2D eigenvalue weighted by Gasteiger charge is 2.25. The average Bonchev–Trinajstić information content (AvgIpc) is 4.09. The van der Waals surface area contributed by atoms with E-state index in [-0.39, 0.29) is 0 Å². The van der Waals surface area contributed by atoms with Crippen LogP contribution in [0.15, 0.2) is 213 Å². The van der Waals surface area contributed by atoms with Gasteiger partial charge in [-0.15, -0.1) is 0 Å². The molecule has 0 bridgehead atoms. The van der Waals surface area contributed by atoms with Crippen LogP contribution in [0.25, 0.3) is 143 Å². The van der Waals surface area contributed by atoms with Crippen LogP contribution in [0.3, 0.4) is 0 Å². The smallest absolute Gasteiger partial charge is 0.143 e. The molecule has 67 heavy (non-hydrogen) atoms. The lowest BCUT2D eigenvalue weighted by Crippen LogP contribution is -2.26. The average molecular weight is 855 g/mol. The molecule has 312 valence electrons. The Kier molecular flexibility index (Phi) is 7.62. The van der Waals surface area contributed by atoms with E-state index >= 15 is 0 Å². The number of furan rings is 3. The second-order valence-electron chi connectivity index (χ2n) is 18.0. The normalized spacial score (nSPS) is 13.0. The van der Waals surface area contributed by atoms with Gasteiger partial charge in [-0.25, -0.2) is 0 Å². The highest BCUT2D eigenvalue weighted by Crippen LogP contribution is 2.49. The van der Waals surface area contributed by atoms with Crippen molar-refractivity contribution in [2.75, 3.05) is 0 Å². The van der Waals surface area contributed by atoms with Crippen LogP contribution in [0.1, 0.15) is 18.4 Å². The van der Waals surface area contributed by atoms with E-state index in [0.717, 1.165) is 78.8 Å². The van der Waals surface area contributed by atoms with Crippen LogP contribution < -0.4 is 10.6 Å². The maximum atomic E-state index is 7.05. The van der Waals surface area contributed by atoms with Crippen molar-refractivity contribution in [1.29, 1.82) is 0 Å². The molecule has 0 spiro atoms. The summed E-state index contributed by atoms with van der Waals surface area (Å²) in [5.74, 6) is 0. The molecule has 0 aliphatic heterocycles. The second-order valence-corrected chi connectivity index (χ2v) is 18.0. The van der Waals surface area contributed by atoms with Gasteiger partial charge in [0.25, 0.3) is 0 Å². The lowest BCUT2D eigenvalue weighted by molar-refractivity contribution is 0.571. The zero-order valence-corrected chi connectivity index (χ0v) is 36.3. The summed E-state index contributed by atoms with van der Waals surface area (Å²) >= 11 is 0. The number of benzene rings is 11. The summed E-state index contributed by atoms with van der Waals surface area (Å²) in [6.07, 6.45) is 4.13. The molecule has 15 rings (SSSR count). The molecule has 0 saturated carbocycles. The SMILES string of the molecule is C1=c2oc3ccccc3c2=C(c2c3ccccc3c(-c3cccc4c3oc3ccc(-c5c6ccccc6c(-c6cccc7oc8ccccc8c67)c6ccccc56)cc34)c3ccccc23)CC1. The standard InChI is InChI=1S/C64H38O3/c1-3-18-40-38(16-1)58(39-17-2-4-19-41(39)59(40)49-27-14-32-56-62(49)47-24-9-11-30-53(47)65-56)37-34-35-55-52(36-37)46-26-13-29-51(64(46)67-55)61-44-22-7-5-20-42(44)60(43-21-6-8-23-45(43)61)50-28-15-33-57-63(50)48-25-10-12-31-54(48)66-57/h1-14,16-27,29-36H,15,28H2. The molecular weight excluding hydrogens is 817 g/mol. The third-order valence-electron chi connectivity index (χ3n) is 14.5. The van der Waals surface area contributed by atoms with Crippen LogP contribution in [0.4, 0.5) is 0 Å². The first kappa shape index (κ1) is 36.7. The van der Waals surface area contributed by atoms with E-state index in [4.69, 9.17) is 13.3 Å². The van der Waals surface area contributed by atoms with E-state index in [9.17, 15) is 0 Å². The Labute approximate surface area is 383 Å². The van der Waals surface area contributed by atoms with Gasteiger partial charge < -0.3 is 13.3 Å². The van der Waals surface area contributed by atoms with Crippen molar-refractivity contribution in [1.82, 2.24) is 0 Å². The van der Waals surface area contributed by atoms with Crippen LogP contribution in [0, 0.1) is 0 Å². The van der Waals surface area contributed by atoms with Gasteiger partial charge in [-0.05, 0) is 126 Å². The molecule has 0 radical (unpaired) electrons. The molecule has 0 unspecified atom stereocenters. The third kappa shape index (κ3) is 5.17. The fourth-order valence-electron chi connectivity index (χ4n) is 11.8. The number of rotatable bonds is 4. The predicted octanol–water partition coefficient (Wildman–Crippen LogP) is 16.6. The summed E-state index contributed by atoms with van der Waals surface area (Å²) in [5.41, 5.74) is 15.1. The monoisotopic (exact) mass is 854 g/mol. The number of para-hydroxylation sites is 3. The molecule has 3 nitrogen and oxygen atoms in total. The molecular formula is C64H38O3. The Morgan fingerprint density at radius 1 is 0.313 bits per heavy atom. The lowest BCUT2D eigenvalue weighted by atomic mass is 9.83. The van der Waals surface area contributed by atoms with Gasteiger partial charge in [-0.3, -0.25) is 0 Å². The third-order valence-corrected chi connectivity index (χ3v) is 14.5. The molecule has 3 heterocycles.